The van der Waals surface area contributed by atoms with E-state index >= 15 is 0 Å². The number of rotatable bonds is 5. The second-order valence-corrected chi connectivity index (χ2v) is 5.74. The van der Waals surface area contributed by atoms with Crippen molar-refractivity contribution in [2.75, 3.05) is 40.3 Å². The van der Waals surface area contributed by atoms with Crippen molar-refractivity contribution in [1.29, 1.82) is 0 Å². The van der Waals surface area contributed by atoms with E-state index in [0.717, 1.165) is 0 Å². The first kappa shape index (κ1) is 13.9. The first-order valence-electron chi connectivity index (χ1n) is 6.60. The van der Waals surface area contributed by atoms with E-state index in [9.17, 15) is 0 Å². The normalized spacial score (nSPS) is 24.6. The first-order valence-corrected chi connectivity index (χ1v) is 6.60. The van der Waals surface area contributed by atoms with Crippen molar-refractivity contribution < 1.29 is 0 Å². The lowest BCUT2D eigenvalue weighted by Gasteiger charge is -2.46. The highest BCUT2D eigenvalue weighted by molar-refractivity contribution is 4.89. The van der Waals surface area contributed by atoms with Crippen LogP contribution in [0.3, 0.4) is 0 Å². The lowest BCUT2D eigenvalue weighted by molar-refractivity contribution is 0.0351. The fourth-order valence-corrected chi connectivity index (χ4v) is 2.48. The minimum absolute atomic E-state index is 0.322. The summed E-state index contributed by atoms with van der Waals surface area (Å²) < 4.78 is 0. The SMILES string of the molecule is CCCC(CN1CCN(C)C(C)(C)C1)NC. The van der Waals surface area contributed by atoms with E-state index in [1.165, 1.54) is 39.0 Å². The molecule has 1 aliphatic heterocycles. The molecule has 0 spiro atoms. The van der Waals surface area contributed by atoms with Gasteiger partial charge in [-0.2, -0.15) is 0 Å². The van der Waals surface area contributed by atoms with Gasteiger partial charge < -0.3 is 5.32 Å². The van der Waals surface area contributed by atoms with Crippen LogP contribution in [-0.2, 0) is 0 Å². The highest BCUT2D eigenvalue weighted by Gasteiger charge is 2.31. The quantitative estimate of drug-likeness (QED) is 0.766. The van der Waals surface area contributed by atoms with Crippen LogP contribution in [0.4, 0.5) is 0 Å². The van der Waals surface area contributed by atoms with E-state index in [1.54, 1.807) is 0 Å². The smallest absolute Gasteiger partial charge is 0.0277 e. The molecule has 1 fully saturated rings. The molecular weight excluding hydrogens is 198 g/mol. The van der Waals surface area contributed by atoms with Crippen LogP contribution >= 0.6 is 0 Å². The maximum absolute atomic E-state index is 3.43. The Kier molecular flexibility index (Phi) is 5.22. The van der Waals surface area contributed by atoms with Gasteiger partial charge in [0.05, 0.1) is 0 Å². The number of hydrogen-bond acceptors (Lipinski definition) is 3. The molecule has 0 aromatic rings. The molecule has 1 N–H and O–H groups in total. The average molecular weight is 227 g/mol. The van der Waals surface area contributed by atoms with Crippen molar-refractivity contribution in [1.82, 2.24) is 15.1 Å². The molecule has 0 aliphatic carbocycles. The molecule has 1 unspecified atom stereocenters. The van der Waals surface area contributed by atoms with Crippen LogP contribution in [-0.4, -0.2) is 61.7 Å². The van der Waals surface area contributed by atoms with Gasteiger partial charge in [0, 0.05) is 37.8 Å². The van der Waals surface area contributed by atoms with Crippen LogP contribution in [0.15, 0.2) is 0 Å². The van der Waals surface area contributed by atoms with Crippen LogP contribution in [0.1, 0.15) is 33.6 Å². The van der Waals surface area contributed by atoms with Crippen molar-refractivity contribution in [3.05, 3.63) is 0 Å². The van der Waals surface area contributed by atoms with E-state index in [-0.39, 0.29) is 0 Å². The second-order valence-electron chi connectivity index (χ2n) is 5.74. The largest absolute Gasteiger partial charge is 0.316 e. The first-order chi connectivity index (χ1) is 7.49. The van der Waals surface area contributed by atoms with Gasteiger partial charge in [-0.1, -0.05) is 13.3 Å². The Morgan fingerprint density at radius 1 is 1.31 bits per heavy atom. The fraction of sp³-hybridized carbons (Fsp3) is 1.00. The van der Waals surface area contributed by atoms with Crippen LogP contribution in [0, 0.1) is 0 Å². The van der Waals surface area contributed by atoms with E-state index in [2.05, 4.69) is 50.0 Å². The molecule has 0 saturated carbocycles. The summed E-state index contributed by atoms with van der Waals surface area (Å²) in [7, 11) is 4.32. The lowest BCUT2D eigenvalue weighted by atomic mass is 9.99. The topological polar surface area (TPSA) is 18.5 Å². The van der Waals surface area contributed by atoms with Crippen LogP contribution in [0.5, 0.6) is 0 Å². The highest BCUT2D eigenvalue weighted by Crippen LogP contribution is 2.19. The fourth-order valence-electron chi connectivity index (χ4n) is 2.48. The zero-order valence-corrected chi connectivity index (χ0v) is 11.7. The molecular formula is C13H29N3. The molecule has 0 aromatic heterocycles. The van der Waals surface area contributed by atoms with Gasteiger partial charge in [-0.05, 0) is 34.4 Å². The van der Waals surface area contributed by atoms with Crippen LogP contribution < -0.4 is 5.32 Å². The standard InChI is InChI=1S/C13H29N3/c1-6-7-12(14-4)10-16-9-8-15(5)13(2,3)11-16/h12,14H,6-11H2,1-5H3. The van der Waals surface area contributed by atoms with Gasteiger partial charge in [-0.3, -0.25) is 9.80 Å². The number of piperazine rings is 1. The van der Waals surface area contributed by atoms with Gasteiger partial charge >= 0.3 is 0 Å². The summed E-state index contributed by atoms with van der Waals surface area (Å²) in [6.07, 6.45) is 2.55. The lowest BCUT2D eigenvalue weighted by Crippen LogP contribution is -2.59. The average Bonchev–Trinajstić information content (AvgIpc) is 2.22. The molecule has 0 radical (unpaired) electrons. The molecule has 1 saturated heterocycles. The van der Waals surface area contributed by atoms with Gasteiger partial charge in [0.1, 0.15) is 0 Å². The Hall–Kier alpha value is -0.120. The predicted molar refractivity (Wildman–Crippen MR) is 70.9 cm³/mol. The summed E-state index contributed by atoms with van der Waals surface area (Å²) in [5.41, 5.74) is 0.322. The van der Waals surface area contributed by atoms with Gasteiger partial charge in [0.2, 0.25) is 0 Å². The Bertz CT molecular complexity index is 203. The molecule has 0 aromatic carbocycles. The Morgan fingerprint density at radius 2 is 2.00 bits per heavy atom. The Labute approximate surface area is 101 Å². The summed E-state index contributed by atoms with van der Waals surface area (Å²) in [6, 6.07) is 0.657. The van der Waals surface area contributed by atoms with E-state index < -0.39 is 0 Å². The highest BCUT2D eigenvalue weighted by atomic mass is 15.3. The monoisotopic (exact) mass is 227 g/mol. The van der Waals surface area contributed by atoms with Gasteiger partial charge in [-0.15, -0.1) is 0 Å². The van der Waals surface area contributed by atoms with Gasteiger partial charge in [0.15, 0.2) is 0 Å². The molecule has 1 aliphatic rings. The summed E-state index contributed by atoms with van der Waals surface area (Å²) in [6.45, 7) is 11.7. The predicted octanol–water partition coefficient (Wildman–Crippen LogP) is 1.40. The van der Waals surface area contributed by atoms with E-state index in [4.69, 9.17) is 0 Å². The molecule has 0 amide bonds. The maximum atomic E-state index is 3.43. The van der Waals surface area contributed by atoms with Crippen LogP contribution in [0.2, 0.25) is 0 Å². The van der Waals surface area contributed by atoms with Gasteiger partial charge in [-0.25, -0.2) is 0 Å². The summed E-state index contributed by atoms with van der Waals surface area (Å²) in [4.78, 5) is 5.08. The molecule has 1 rings (SSSR count). The maximum Gasteiger partial charge on any atom is 0.0277 e. The van der Waals surface area contributed by atoms with Crippen LogP contribution in [0.25, 0.3) is 0 Å². The molecule has 0 bridgehead atoms. The van der Waals surface area contributed by atoms with Crippen molar-refractivity contribution in [2.24, 2.45) is 0 Å². The van der Waals surface area contributed by atoms with E-state index in [1.807, 2.05) is 0 Å². The van der Waals surface area contributed by atoms with Crippen molar-refractivity contribution in [3.63, 3.8) is 0 Å². The molecule has 96 valence electrons. The third-order valence-electron chi connectivity index (χ3n) is 3.92. The molecule has 3 heteroatoms. The summed E-state index contributed by atoms with van der Waals surface area (Å²) in [5.74, 6) is 0. The Morgan fingerprint density at radius 3 is 2.50 bits per heavy atom. The summed E-state index contributed by atoms with van der Waals surface area (Å²) >= 11 is 0. The molecule has 3 nitrogen and oxygen atoms in total. The number of nitrogens with zero attached hydrogens (tertiary/aromatic N) is 2. The van der Waals surface area contributed by atoms with Gasteiger partial charge in [0.25, 0.3) is 0 Å². The molecule has 1 atom stereocenters. The zero-order valence-electron chi connectivity index (χ0n) is 11.7. The van der Waals surface area contributed by atoms with Crippen molar-refractivity contribution in [3.8, 4) is 0 Å². The third-order valence-corrected chi connectivity index (χ3v) is 3.92. The molecule has 1 heterocycles. The minimum Gasteiger partial charge on any atom is -0.316 e. The zero-order chi connectivity index (χ0) is 12.2. The second kappa shape index (κ2) is 5.99. The molecule has 16 heavy (non-hydrogen) atoms. The van der Waals surface area contributed by atoms with Crippen molar-refractivity contribution in [2.45, 2.75) is 45.2 Å². The van der Waals surface area contributed by atoms with Crippen molar-refractivity contribution >= 4 is 0 Å². The summed E-state index contributed by atoms with van der Waals surface area (Å²) in [5, 5.41) is 3.43. The number of hydrogen-bond donors (Lipinski definition) is 1. The number of likely N-dealkylation sites (N-methyl/N-ethyl adjacent to an activating group) is 2. The minimum atomic E-state index is 0.322. The Balaban J connectivity index is 2.43. The van der Waals surface area contributed by atoms with E-state index in [0.29, 0.717) is 11.6 Å². The third kappa shape index (κ3) is 3.72. The number of nitrogens with one attached hydrogen (secondary N) is 1.